The summed E-state index contributed by atoms with van der Waals surface area (Å²) in [6, 6.07) is 1.32. The van der Waals surface area contributed by atoms with Gasteiger partial charge in [0.2, 0.25) is 0 Å². The quantitative estimate of drug-likeness (QED) is 0.596. The maximum absolute atomic E-state index is 10.9. The Kier molecular flexibility index (Phi) is 5.15. The third-order valence-corrected chi connectivity index (χ3v) is 1.21. The van der Waals surface area contributed by atoms with Crippen molar-refractivity contribution in [3.8, 4) is 0 Å². The lowest BCUT2D eigenvalue weighted by atomic mass is 10.3. The van der Waals surface area contributed by atoms with Gasteiger partial charge in [0, 0.05) is 24.8 Å². The fraction of sp³-hybridized carbons (Fsp3) is 0.333. The average Bonchev–Trinajstić information content (AvgIpc) is 2.15. The van der Waals surface area contributed by atoms with E-state index in [1.807, 2.05) is 13.8 Å². The predicted molar refractivity (Wildman–Crippen MR) is 51.0 cm³/mol. The molecule has 0 N–H and O–H groups in total. The lowest BCUT2D eigenvalue weighted by Gasteiger charge is -1.93. The summed E-state index contributed by atoms with van der Waals surface area (Å²) < 4.78 is 1.18. The molecule has 0 aliphatic carbocycles. The fourth-order valence-electron chi connectivity index (χ4n) is 0.630. The maximum Gasteiger partial charge on any atom is 0.267 e. The Hall–Kier alpha value is -1.67. The summed E-state index contributed by atoms with van der Waals surface area (Å²) in [5.41, 5.74) is 0.233. The van der Waals surface area contributed by atoms with Crippen molar-refractivity contribution in [3.63, 3.8) is 0 Å². The van der Waals surface area contributed by atoms with Crippen LogP contribution in [0.4, 0.5) is 0 Å². The van der Waals surface area contributed by atoms with Gasteiger partial charge in [0.15, 0.2) is 0 Å². The van der Waals surface area contributed by atoms with E-state index in [0.29, 0.717) is 5.56 Å². The van der Waals surface area contributed by atoms with Crippen molar-refractivity contribution in [1.82, 2.24) is 9.78 Å². The Morgan fingerprint density at radius 1 is 1.54 bits per heavy atom. The van der Waals surface area contributed by atoms with Crippen LogP contribution in [0, 0.1) is 0 Å². The van der Waals surface area contributed by atoms with Crippen LogP contribution in [0.25, 0.3) is 6.08 Å². The number of rotatable bonds is 1. The lowest BCUT2D eigenvalue weighted by molar-refractivity contribution is 0.570. The van der Waals surface area contributed by atoms with Gasteiger partial charge in [0.25, 0.3) is 5.56 Å². The molecule has 4 nitrogen and oxygen atoms in total. The van der Waals surface area contributed by atoms with E-state index >= 15 is 0 Å². The molecule has 1 heterocycles. The first-order valence-electron chi connectivity index (χ1n) is 3.98. The van der Waals surface area contributed by atoms with Gasteiger partial charge in [-0.25, -0.2) is 9.48 Å². The van der Waals surface area contributed by atoms with Gasteiger partial charge in [-0.15, -0.1) is 0 Å². The molecule has 0 fully saturated rings. The first kappa shape index (κ1) is 11.3. The van der Waals surface area contributed by atoms with Gasteiger partial charge in [0.05, 0.1) is 6.20 Å². The van der Waals surface area contributed by atoms with Crippen LogP contribution in [-0.2, 0) is 11.8 Å². The summed E-state index contributed by atoms with van der Waals surface area (Å²) in [5, 5.41) is 3.69. The molecular weight excluding hydrogens is 168 g/mol. The number of aromatic nitrogens is 2. The monoisotopic (exact) mass is 180 g/mol. The highest BCUT2D eigenvalue weighted by Gasteiger charge is 1.91. The van der Waals surface area contributed by atoms with Crippen molar-refractivity contribution >= 4 is 12.0 Å². The molecule has 0 atom stereocenters. The van der Waals surface area contributed by atoms with E-state index < -0.39 is 0 Å². The zero-order chi connectivity index (χ0) is 10.3. The Morgan fingerprint density at radius 2 is 2.15 bits per heavy atom. The second-order valence-corrected chi connectivity index (χ2v) is 2.01. The Morgan fingerprint density at radius 3 is 2.62 bits per heavy atom. The molecule has 0 aromatic carbocycles. The standard InChI is InChI=1S/C7H6N2O2.C2H6/c1-9-7(11)4-6(2-3-10)5-8-9;1-2/h2,4-5H,1H3;1-2H3. The number of hydrogen-bond donors (Lipinski definition) is 0. The van der Waals surface area contributed by atoms with Crippen molar-refractivity contribution in [2.45, 2.75) is 13.8 Å². The van der Waals surface area contributed by atoms with Crippen molar-refractivity contribution < 1.29 is 4.79 Å². The van der Waals surface area contributed by atoms with E-state index in [2.05, 4.69) is 5.10 Å². The summed E-state index contributed by atoms with van der Waals surface area (Å²) in [4.78, 5) is 20.7. The van der Waals surface area contributed by atoms with Crippen molar-refractivity contribution in [3.05, 3.63) is 28.2 Å². The van der Waals surface area contributed by atoms with Crippen LogP contribution in [0.15, 0.2) is 17.1 Å². The Bertz CT molecular complexity index is 362. The number of nitrogens with zero attached hydrogens (tertiary/aromatic N) is 2. The molecular formula is C9H12N2O2. The lowest BCUT2D eigenvalue weighted by Crippen LogP contribution is -2.17. The minimum absolute atomic E-state index is 0.242. The molecule has 0 saturated carbocycles. The maximum atomic E-state index is 10.9. The molecule has 0 radical (unpaired) electrons. The molecule has 0 saturated heterocycles. The van der Waals surface area contributed by atoms with E-state index in [0.717, 1.165) is 6.08 Å². The summed E-state index contributed by atoms with van der Waals surface area (Å²) in [6.07, 6.45) is 2.58. The first-order valence-corrected chi connectivity index (χ1v) is 3.98. The third-order valence-electron chi connectivity index (χ3n) is 1.21. The summed E-state index contributed by atoms with van der Waals surface area (Å²) in [5.74, 6) is 1.57. The minimum Gasteiger partial charge on any atom is -0.268 e. The summed E-state index contributed by atoms with van der Waals surface area (Å²) in [7, 11) is 1.54. The van der Waals surface area contributed by atoms with Gasteiger partial charge in [-0.1, -0.05) is 13.8 Å². The van der Waals surface area contributed by atoms with Gasteiger partial charge in [-0.3, -0.25) is 4.79 Å². The highest BCUT2D eigenvalue weighted by molar-refractivity contribution is 5.73. The summed E-state index contributed by atoms with van der Waals surface area (Å²) >= 11 is 0. The number of aryl methyl sites for hydroxylation is 1. The van der Waals surface area contributed by atoms with E-state index in [4.69, 9.17) is 0 Å². The Balaban J connectivity index is 0.000000671. The normalized spacial score (nSPS) is 7.92. The molecule has 0 aliphatic rings. The highest BCUT2D eigenvalue weighted by Crippen LogP contribution is 1.90. The van der Waals surface area contributed by atoms with Gasteiger partial charge in [0.1, 0.15) is 5.94 Å². The van der Waals surface area contributed by atoms with Gasteiger partial charge >= 0.3 is 0 Å². The largest absolute Gasteiger partial charge is 0.268 e. The second kappa shape index (κ2) is 5.91. The molecule has 0 bridgehead atoms. The van der Waals surface area contributed by atoms with Crippen LogP contribution in [-0.4, -0.2) is 15.7 Å². The van der Waals surface area contributed by atoms with Crippen molar-refractivity contribution in [2.24, 2.45) is 7.05 Å². The van der Waals surface area contributed by atoms with Crippen LogP contribution in [0.5, 0.6) is 0 Å². The molecule has 1 aromatic heterocycles. The van der Waals surface area contributed by atoms with E-state index in [1.54, 1.807) is 5.94 Å². The molecule has 1 aromatic rings. The highest BCUT2D eigenvalue weighted by atomic mass is 16.1. The van der Waals surface area contributed by atoms with Crippen LogP contribution >= 0.6 is 0 Å². The van der Waals surface area contributed by atoms with E-state index in [9.17, 15) is 9.59 Å². The van der Waals surface area contributed by atoms with Crippen LogP contribution in [0.2, 0.25) is 0 Å². The molecule has 0 aliphatic heterocycles. The molecule has 70 valence electrons. The van der Waals surface area contributed by atoms with Crippen molar-refractivity contribution in [2.75, 3.05) is 0 Å². The van der Waals surface area contributed by atoms with Crippen LogP contribution in [0.1, 0.15) is 19.4 Å². The molecule has 0 amide bonds. The molecule has 4 heteroatoms. The fourth-order valence-corrected chi connectivity index (χ4v) is 0.630. The van der Waals surface area contributed by atoms with Crippen LogP contribution in [0.3, 0.4) is 0 Å². The molecule has 0 unspecified atom stereocenters. The number of carbonyl (C=O) groups excluding carboxylic acids is 1. The predicted octanol–water partition coefficient (Wildman–Crippen LogP) is 0.651. The minimum atomic E-state index is -0.242. The van der Waals surface area contributed by atoms with E-state index in [-0.39, 0.29) is 5.56 Å². The van der Waals surface area contributed by atoms with Gasteiger partial charge in [-0.2, -0.15) is 5.10 Å². The van der Waals surface area contributed by atoms with E-state index in [1.165, 1.54) is 24.0 Å². The molecule has 13 heavy (non-hydrogen) atoms. The van der Waals surface area contributed by atoms with Gasteiger partial charge < -0.3 is 0 Å². The number of hydrogen-bond acceptors (Lipinski definition) is 3. The average molecular weight is 180 g/mol. The zero-order valence-electron chi connectivity index (χ0n) is 7.94. The third kappa shape index (κ3) is 3.49. The first-order chi connectivity index (χ1) is 6.24. The Labute approximate surface area is 76.5 Å². The van der Waals surface area contributed by atoms with Crippen LogP contribution < -0.4 is 5.56 Å². The van der Waals surface area contributed by atoms with Gasteiger partial charge in [-0.05, 0) is 0 Å². The van der Waals surface area contributed by atoms with Crippen molar-refractivity contribution in [1.29, 1.82) is 0 Å². The molecule has 0 spiro atoms. The zero-order valence-corrected chi connectivity index (χ0v) is 7.94. The molecule has 1 rings (SSSR count). The SMILES string of the molecule is CC.Cn1ncc(C=C=O)cc1=O. The smallest absolute Gasteiger partial charge is 0.267 e. The topological polar surface area (TPSA) is 52.0 Å². The second-order valence-electron chi connectivity index (χ2n) is 2.01. The summed E-state index contributed by atoms with van der Waals surface area (Å²) in [6.45, 7) is 4.00.